The molecule has 1 aliphatic heterocycles. The van der Waals surface area contributed by atoms with Gasteiger partial charge in [-0.05, 0) is 30.2 Å². The molecule has 9 heteroatoms. The lowest BCUT2D eigenvalue weighted by Crippen LogP contribution is -2.29. The Hall–Kier alpha value is -2.94. The Balaban J connectivity index is 1.73. The van der Waals surface area contributed by atoms with Gasteiger partial charge in [0.15, 0.2) is 11.5 Å². The Morgan fingerprint density at radius 3 is 2.77 bits per heavy atom. The molecule has 0 bridgehead atoms. The number of hydrogen-bond acceptors (Lipinski definition) is 6. The van der Waals surface area contributed by atoms with Gasteiger partial charge in [-0.2, -0.15) is 16.9 Å². The van der Waals surface area contributed by atoms with Crippen LogP contribution >= 0.6 is 11.8 Å². The van der Waals surface area contributed by atoms with Crippen LogP contribution in [0.25, 0.3) is 6.08 Å². The second kappa shape index (κ2) is 10.2. The van der Waals surface area contributed by atoms with Gasteiger partial charge in [-0.3, -0.25) is 9.59 Å². The van der Waals surface area contributed by atoms with Crippen molar-refractivity contribution in [2.24, 2.45) is 0 Å². The van der Waals surface area contributed by atoms with E-state index in [1.54, 1.807) is 48.9 Å². The van der Waals surface area contributed by atoms with Crippen LogP contribution in [0.15, 0.2) is 24.3 Å². The maximum absolute atomic E-state index is 12.6. The van der Waals surface area contributed by atoms with Gasteiger partial charge in [-0.25, -0.2) is 4.68 Å². The maximum atomic E-state index is 12.6. The summed E-state index contributed by atoms with van der Waals surface area (Å²) >= 11 is 1.74. The first kappa shape index (κ1) is 21.8. The van der Waals surface area contributed by atoms with Crippen molar-refractivity contribution in [1.29, 1.82) is 0 Å². The number of hydrogen-bond donors (Lipinski definition) is 2. The Bertz CT molecular complexity index is 955. The summed E-state index contributed by atoms with van der Waals surface area (Å²) in [6, 6.07) is 5.41. The van der Waals surface area contributed by atoms with Crippen molar-refractivity contribution in [2.45, 2.75) is 31.4 Å². The lowest BCUT2D eigenvalue weighted by atomic mass is 10.2. The Morgan fingerprint density at radius 2 is 2.03 bits per heavy atom. The summed E-state index contributed by atoms with van der Waals surface area (Å²) in [5.41, 5.74) is 2.70. The number of benzene rings is 1. The summed E-state index contributed by atoms with van der Waals surface area (Å²) in [4.78, 5) is 24.7. The molecule has 1 aromatic carbocycles. The van der Waals surface area contributed by atoms with E-state index in [9.17, 15) is 9.59 Å². The van der Waals surface area contributed by atoms with Gasteiger partial charge in [0.25, 0.3) is 0 Å². The van der Waals surface area contributed by atoms with Gasteiger partial charge in [-0.15, -0.1) is 0 Å². The van der Waals surface area contributed by atoms with Crippen molar-refractivity contribution < 1.29 is 19.1 Å². The van der Waals surface area contributed by atoms with E-state index < -0.39 is 0 Å². The van der Waals surface area contributed by atoms with E-state index >= 15 is 0 Å². The zero-order valence-electron chi connectivity index (χ0n) is 17.4. The second-order valence-corrected chi connectivity index (χ2v) is 7.70. The fourth-order valence-corrected chi connectivity index (χ4v) is 4.10. The lowest BCUT2D eigenvalue weighted by Gasteiger charge is -2.10. The molecule has 160 valence electrons. The highest BCUT2D eigenvalue weighted by atomic mass is 32.2. The molecule has 0 saturated heterocycles. The van der Waals surface area contributed by atoms with E-state index in [-0.39, 0.29) is 18.4 Å². The minimum absolute atomic E-state index is 0.0761. The van der Waals surface area contributed by atoms with E-state index in [0.29, 0.717) is 23.9 Å². The summed E-state index contributed by atoms with van der Waals surface area (Å²) < 4.78 is 12.1. The first-order valence-electron chi connectivity index (χ1n) is 9.69. The molecular formula is C21H26N4O4S. The standard InChI is InChI=1S/C21H26N4O4S/c1-4-9-22-20(27)11-25-21(15-12-30-13-16(15)24-25)23-19(26)8-6-14-5-7-17(28-2)18(10-14)29-3/h5-8,10H,4,9,11-13H2,1-3H3,(H,22,27)(H,23,26)/b8-6-. The Morgan fingerprint density at radius 1 is 1.23 bits per heavy atom. The third-order valence-corrected chi connectivity index (χ3v) is 5.53. The van der Waals surface area contributed by atoms with Gasteiger partial charge in [0.2, 0.25) is 11.8 Å². The summed E-state index contributed by atoms with van der Waals surface area (Å²) in [6.45, 7) is 2.69. The molecule has 2 aromatic rings. The molecule has 3 rings (SSSR count). The van der Waals surface area contributed by atoms with E-state index in [2.05, 4.69) is 15.7 Å². The minimum atomic E-state index is -0.292. The van der Waals surface area contributed by atoms with Crippen LogP contribution in [0.3, 0.4) is 0 Å². The first-order valence-corrected chi connectivity index (χ1v) is 10.8. The largest absolute Gasteiger partial charge is 0.493 e. The molecule has 0 fully saturated rings. The number of nitrogens with one attached hydrogen (secondary N) is 2. The fraction of sp³-hybridized carbons (Fsp3) is 0.381. The van der Waals surface area contributed by atoms with Crippen molar-refractivity contribution in [3.8, 4) is 11.5 Å². The highest BCUT2D eigenvalue weighted by Crippen LogP contribution is 2.34. The van der Waals surface area contributed by atoms with Gasteiger partial charge in [0, 0.05) is 29.7 Å². The number of nitrogens with zero attached hydrogens (tertiary/aromatic N) is 2. The Labute approximate surface area is 180 Å². The summed E-state index contributed by atoms with van der Waals surface area (Å²) in [7, 11) is 3.14. The molecule has 0 atom stereocenters. The average molecular weight is 431 g/mol. The zero-order chi connectivity index (χ0) is 21.5. The monoisotopic (exact) mass is 430 g/mol. The van der Waals surface area contributed by atoms with Crippen molar-refractivity contribution in [3.63, 3.8) is 0 Å². The predicted molar refractivity (Wildman–Crippen MR) is 118 cm³/mol. The number of anilines is 1. The van der Waals surface area contributed by atoms with Crippen molar-refractivity contribution >= 4 is 35.5 Å². The summed E-state index contributed by atoms with van der Waals surface area (Å²) in [5.74, 6) is 2.93. The van der Waals surface area contributed by atoms with Gasteiger partial charge >= 0.3 is 0 Å². The van der Waals surface area contributed by atoms with Gasteiger partial charge in [0.05, 0.1) is 19.9 Å². The highest BCUT2D eigenvalue weighted by Gasteiger charge is 2.24. The van der Waals surface area contributed by atoms with Crippen LogP contribution in [0.5, 0.6) is 11.5 Å². The number of thioether (sulfide) groups is 1. The summed E-state index contributed by atoms with van der Waals surface area (Å²) in [6.07, 6.45) is 4.01. The quantitative estimate of drug-likeness (QED) is 0.594. The van der Waals surface area contributed by atoms with Crippen LogP contribution in [-0.2, 0) is 27.6 Å². The van der Waals surface area contributed by atoms with Crippen LogP contribution in [0.1, 0.15) is 30.2 Å². The van der Waals surface area contributed by atoms with Crippen molar-refractivity contribution in [3.05, 3.63) is 41.1 Å². The predicted octanol–water partition coefficient (Wildman–Crippen LogP) is 2.83. The number of aromatic nitrogens is 2. The number of carbonyl (C=O) groups is 2. The SMILES string of the molecule is CCCNC(=O)Cn1nc2c(c1NC(=O)/C=C\c1ccc(OC)c(OC)c1)CSC2. The molecule has 30 heavy (non-hydrogen) atoms. The van der Waals surface area contributed by atoms with Crippen molar-refractivity contribution in [2.75, 3.05) is 26.1 Å². The van der Waals surface area contributed by atoms with Crippen LogP contribution in [0.2, 0.25) is 0 Å². The molecule has 0 radical (unpaired) electrons. The molecule has 0 saturated carbocycles. The molecule has 0 aliphatic carbocycles. The molecule has 0 unspecified atom stereocenters. The van der Waals surface area contributed by atoms with Crippen LogP contribution in [-0.4, -0.2) is 42.4 Å². The fourth-order valence-electron chi connectivity index (χ4n) is 3.06. The van der Waals surface area contributed by atoms with Gasteiger partial charge in [-0.1, -0.05) is 13.0 Å². The smallest absolute Gasteiger partial charge is 0.249 e. The molecule has 8 nitrogen and oxygen atoms in total. The number of ether oxygens (including phenoxy) is 2. The number of methoxy groups -OCH3 is 2. The lowest BCUT2D eigenvalue weighted by molar-refractivity contribution is -0.121. The molecule has 2 N–H and O–H groups in total. The van der Waals surface area contributed by atoms with Gasteiger partial charge in [0.1, 0.15) is 12.4 Å². The van der Waals surface area contributed by atoms with Gasteiger partial charge < -0.3 is 20.1 Å². The molecule has 1 aromatic heterocycles. The zero-order valence-corrected chi connectivity index (χ0v) is 18.2. The molecular weight excluding hydrogens is 404 g/mol. The van der Waals surface area contributed by atoms with E-state index in [1.807, 2.05) is 13.0 Å². The number of fused-ring (bicyclic) bond motifs is 1. The molecule has 2 heterocycles. The molecule has 2 amide bonds. The number of carbonyl (C=O) groups excluding carboxylic acids is 2. The minimum Gasteiger partial charge on any atom is -0.493 e. The normalized spacial score (nSPS) is 12.6. The van der Waals surface area contributed by atoms with E-state index in [0.717, 1.165) is 34.7 Å². The topological polar surface area (TPSA) is 94.5 Å². The van der Waals surface area contributed by atoms with Crippen LogP contribution in [0.4, 0.5) is 5.82 Å². The molecule has 1 aliphatic rings. The van der Waals surface area contributed by atoms with Crippen LogP contribution < -0.4 is 20.1 Å². The van der Waals surface area contributed by atoms with Crippen molar-refractivity contribution in [1.82, 2.24) is 15.1 Å². The number of amides is 2. The number of rotatable bonds is 9. The van der Waals surface area contributed by atoms with Crippen LogP contribution in [0, 0.1) is 0 Å². The second-order valence-electron chi connectivity index (χ2n) is 6.71. The van der Waals surface area contributed by atoms with E-state index in [1.165, 1.54) is 6.08 Å². The maximum Gasteiger partial charge on any atom is 0.249 e. The Kier molecular flexibility index (Phi) is 7.40. The van der Waals surface area contributed by atoms with E-state index in [4.69, 9.17) is 9.47 Å². The summed E-state index contributed by atoms with van der Waals surface area (Å²) in [5, 5.41) is 10.3. The third kappa shape index (κ3) is 5.15. The molecule has 0 spiro atoms. The first-order chi connectivity index (χ1) is 14.5. The average Bonchev–Trinajstić information content (AvgIpc) is 3.33. The third-order valence-electron chi connectivity index (χ3n) is 4.56. The highest BCUT2D eigenvalue weighted by molar-refractivity contribution is 7.98.